The zero-order valence-corrected chi connectivity index (χ0v) is 14.0. The number of hydrogen-bond acceptors (Lipinski definition) is 4. The molecule has 1 aliphatic heterocycles. The van der Waals surface area contributed by atoms with Gasteiger partial charge in [0.25, 0.3) is 0 Å². The minimum atomic E-state index is -0.499. The third kappa shape index (κ3) is 6.04. The molecule has 3 atom stereocenters. The Morgan fingerprint density at radius 2 is 2.38 bits per heavy atom. The van der Waals surface area contributed by atoms with E-state index in [2.05, 4.69) is 40.3 Å². The summed E-state index contributed by atoms with van der Waals surface area (Å²) in [6.07, 6.45) is 1.89. The second-order valence-electron chi connectivity index (χ2n) is 5.51. The van der Waals surface area contributed by atoms with E-state index in [4.69, 9.17) is 9.47 Å². The van der Waals surface area contributed by atoms with Crippen LogP contribution in [0.15, 0.2) is 28.7 Å². The van der Waals surface area contributed by atoms with Crippen LogP contribution in [-0.2, 0) is 9.47 Å². The van der Waals surface area contributed by atoms with Gasteiger partial charge in [0.2, 0.25) is 0 Å². The Kier molecular flexibility index (Phi) is 7.13. The van der Waals surface area contributed by atoms with Crippen LogP contribution >= 0.6 is 15.9 Å². The Bertz CT molecular complexity index is 424. The molecule has 1 aromatic carbocycles. The summed E-state index contributed by atoms with van der Waals surface area (Å²) in [4.78, 5) is 0. The zero-order chi connectivity index (χ0) is 15.1. The van der Waals surface area contributed by atoms with E-state index in [1.807, 2.05) is 12.1 Å². The molecule has 0 bridgehead atoms. The summed E-state index contributed by atoms with van der Waals surface area (Å²) in [5.41, 5.74) is 1.19. The fraction of sp³-hybridized carbons (Fsp3) is 0.625. The summed E-state index contributed by atoms with van der Waals surface area (Å²) in [5, 5.41) is 13.3. The van der Waals surface area contributed by atoms with Gasteiger partial charge in [0.05, 0.1) is 25.4 Å². The van der Waals surface area contributed by atoms with Crippen LogP contribution in [0.25, 0.3) is 0 Å². The molecule has 0 spiro atoms. The molecule has 0 amide bonds. The zero-order valence-electron chi connectivity index (χ0n) is 12.4. The summed E-state index contributed by atoms with van der Waals surface area (Å²) < 4.78 is 12.1. The maximum Gasteiger partial charge on any atom is 0.0897 e. The fourth-order valence-corrected chi connectivity index (χ4v) is 2.79. The van der Waals surface area contributed by atoms with Crippen LogP contribution in [0.1, 0.15) is 31.4 Å². The molecule has 21 heavy (non-hydrogen) atoms. The van der Waals surface area contributed by atoms with Crippen molar-refractivity contribution in [3.05, 3.63) is 34.3 Å². The monoisotopic (exact) mass is 357 g/mol. The number of rotatable bonds is 8. The van der Waals surface area contributed by atoms with Crippen molar-refractivity contribution in [2.45, 2.75) is 38.0 Å². The van der Waals surface area contributed by atoms with Gasteiger partial charge in [0, 0.05) is 23.7 Å². The van der Waals surface area contributed by atoms with Gasteiger partial charge >= 0.3 is 0 Å². The molecule has 5 heteroatoms. The highest BCUT2D eigenvalue weighted by atomic mass is 79.9. The predicted molar refractivity (Wildman–Crippen MR) is 86.4 cm³/mol. The quantitative estimate of drug-likeness (QED) is 0.750. The molecule has 4 nitrogen and oxygen atoms in total. The van der Waals surface area contributed by atoms with Crippen molar-refractivity contribution in [1.29, 1.82) is 0 Å². The van der Waals surface area contributed by atoms with Gasteiger partial charge in [-0.1, -0.05) is 28.1 Å². The first kappa shape index (κ1) is 16.9. The summed E-state index contributed by atoms with van der Waals surface area (Å²) in [6, 6.07) is 8.36. The Labute approximate surface area is 135 Å². The molecule has 1 fully saturated rings. The van der Waals surface area contributed by atoms with Gasteiger partial charge in [-0.3, -0.25) is 0 Å². The highest BCUT2D eigenvalue weighted by Gasteiger charge is 2.16. The average Bonchev–Trinajstić information content (AvgIpc) is 2.98. The van der Waals surface area contributed by atoms with E-state index in [9.17, 15) is 5.11 Å². The molecular weight excluding hydrogens is 334 g/mol. The van der Waals surface area contributed by atoms with E-state index in [1.54, 1.807) is 0 Å². The SMILES string of the molecule is C[C@@H](NCC(O)COCC1CCCO1)c1cccc(Br)c1. The van der Waals surface area contributed by atoms with Gasteiger partial charge < -0.3 is 19.9 Å². The van der Waals surface area contributed by atoms with Gasteiger partial charge in [0.1, 0.15) is 0 Å². The van der Waals surface area contributed by atoms with Crippen molar-refractivity contribution < 1.29 is 14.6 Å². The van der Waals surface area contributed by atoms with Gasteiger partial charge in [-0.25, -0.2) is 0 Å². The number of ether oxygens (including phenoxy) is 2. The summed E-state index contributed by atoms with van der Waals surface area (Å²) in [6.45, 7) is 4.36. The minimum Gasteiger partial charge on any atom is -0.389 e. The first-order valence-corrected chi connectivity index (χ1v) is 8.30. The Hall–Kier alpha value is -0.460. The molecule has 0 aliphatic carbocycles. The fourth-order valence-electron chi connectivity index (χ4n) is 2.38. The lowest BCUT2D eigenvalue weighted by Crippen LogP contribution is -2.33. The van der Waals surface area contributed by atoms with Crippen molar-refractivity contribution in [1.82, 2.24) is 5.32 Å². The average molecular weight is 358 g/mol. The normalized spacial score (nSPS) is 21.4. The Balaban J connectivity index is 1.62. The summed E-state index contributed by atoms with van der Waals surface area (Å²) in [7, 11) is 0. The molecule has 1 saturated heterocycles. The third-order valence-corrected chi connectivity index (χ3v) is 4.14. The molecule has 118 valence electrons. The molecule has 1 aliphatic rings. The number of aliphatic hydroxyl groups excluding tert-OH is 1. The number of hydrogen-bond donors (Lipinski definition) is 2. The molecular formula is C16H24BrNO3. The second kappa shape index (κ2) is 8.86. The van der Waals surface area contributed by atoms with E-state index in [1.165, 1.54) is 5.56 Å². The topological polar surface area (TPSA) is 50.7 Å². The lowest BCUT2D eigenvalue weighted by atomic mass is 10.1. The van der Waals surface area contributed by atoms with Crippen LogP contribution in [0.5, 0.6) is 0 Å². The van der Waals surface area contributed by atoms with Gasteiger partial charge in [-0.15, -0.1) is 0 Å². The maximum atomic E-state index is 9.94. The first-order valence-electron chi connectivity index (χ1n) is 7.51. The van der Waals surface area contributed by atoms with Crippen molar-refractivity contribution in [3.63, 3.8) is 0 Å². The van der Waals surface area contributed by atoms with Crippen molar-refractivity contribution in [2.24, 2.45) is 0 Å². The number of halogens is 1. The van der Waals surface area contributed by atoms with Crippen molar-refractivity contribution in [3.8, 4) is 0 Å². The summed E-state index contributed by atoms with van der Waals surface area (Å²) >= 11 is 3.47. The van der Waals surface area contributed by atoms with Gasteiger partial charge in [-0.05, 0) is 37.5 Å². The third-order valence-electron chi connectivity index (χ3n) is 3.65. The minimum absolute atomic E-state index is 0.190. The summed E-state index contributed by atoms with van der Waals surface area (Å²) in [5.74, 6) is 0. The molecule has 2 unspecified atom stereocenters. The van der Waals surface area contributed by atoms with Crippen LogP contribution in [0, 0.1) is 0 Å². The van der Waals surface area contributed by atoms with E-state index in [0.29, 0.717) is 19.8 Å². The molecule has 0 aromatic heterocycles. The molecule has 1 aromatic rings. The van der Waals surface area contributed by atoms with E-state index >= 15 is 0 Å². The van der Waals surface area contributed by atoms with E-state index < -0.39 is 6.10 Å². The predicted octanol–water partition coefficient (Wildman–Crippen LogP) is 2.66. The van der Waals surface area contributed by atoms with Crippen molar-refractivity contribution >= 4 is 15.9 Å². The van der Waals surface area contributed by atoms with Crippen LogP contribution in [0.2, 0.25) is 0 Å². The molecule has 1 heterocycles. The number of aliphatic hydroxyl groups is 1. The highest BCUT2D eigenvalue weighted by molar-refractivity contribution is 9.10. The van der Waals surface area contributed by atoms with Crippen LogP contribution in [0.3, 0.4) is 0 Å². The van der Waals surface area contributed by atoms with E-state index in [-0.39, 0.29) is 12.1 Å². The molecule has 2 rings (SSSR count). The molecule has 0 saturated carbocycles. The highest BCUT2D eigenvalue weighted by Crippen LogP contribution is 2.17. The standard InChI is InChI=1S/C16H24BrNO3/c1-12(13-4-2-5-14(17)8-13)18-9-15(19)10-20-11-16-6-3-7-21-16/h2,4-5,8,12,15-16,18-19H,3,6-7,9-11H2,1H3/t12-,15?,16?/m1/s1. The molecule has 2 N–H and O–H groups in total. The van der Waals surface area contributed by atoms with Gasteiger partial charge in [-0.2, -0.15) is 0 Å². The van der Waals surface area contributed by atoms with Gasteiger partial charge in [0.15, 0.2) is 0 Å². The number of benzene rings is 1. The second-order valence-corrected chi connectivity index (χ2v) is 6.43. The smallest absolute Gasteiger partial charge is 0.0897 e. The largest absolute Gasteiger partial charge is 0.389 e. The van der Waals surface area contributed by atoms with E-state index in [0.717, 1.165) is 23.9 Å². The first-order chi connectivity index (χ1) is 10.1. The van der Waals surface area contributed by atoms with Crippen molar-refractivity contribution in [2.75, 3.05) is 26.4 Å². The Morgan fingerprint density at radius 3 is 3.10 bits per heavy atom. The number of nitrogens with one attached hydrogen (secondary N) is 1. The van der Waals surface area contributed by atoms with Crippen LogP contribution in [-0.4, -0.2) is 43.7 Å². The maximum absolute atomic E-state index is 9.94. The Morgan fingerprint density at radius 1 is 1.52 bits per heavy atom. The lowest BCUT2D eigenvalue weighted by molar-refractivity contribution is -0.0168. The lowest BCUT2D eigenvalue weighted by Gasteiger charge is -2.18. The molecule has 0 radical (unpaired) electrons. The van der Waals surface area contributed by atoms with Crippen LogP contribution < -0.4 is 5.32 Å². The van der Waals surface area contributed by atoms with Crippen LogP contribution in [0.4, 0.5) is 0 Å².